The summed E-state index contributed by atoms with van der Waals surface area (Å²) in [6.07, 6.45) is 0.579. The molecule has 148 valence electrons. The summed E-state index contributed by atoms with van der Waals surface area (Å²) in [4.78, 5) is 26.6. The Labute approximate surface area is 172 Å². The number of benzene rings is 2. The van der Waals surface area contributed by atoms with Crippen molar-refractivity contribution in [2.24, 2.45) is 5.92 Å². The first-order chi connectivity index (χ1) is 13.4. The second-order valence-corrected chi connectivity index (χ2v) is 7.80. The third-order valence-corrected chi connectivity index (χ3v) is 5.24. The summed E-state index contributed by atoms with van der Waals surface area (Å²) >= 11 is 3.40. The molecule has 1 aliphatic heterocycles. The molecule has 28 heavy (non-hydrogen) atoms. The lowest BCUT2D eigenvalue weighted by Crippen LogP contribution is -2.42. The molecule has 0 bridgehead atoms. The molecule has 0 saturated carbocycles. The molecule has 0 aliphatic carbocycles. The van der Waals surface area contributed by atoms with Gasteiger partial charge in [-0.1, -0.05) is 22.0 Å². The van der Waals surface area contributed by atoms with Crippen LogP contribution in [0.5, 0.6) is 11.5 Å². The highest BCUT2D eigenvalue weighted by Gasteiger charge is 2.29. The topological polar surface area (TPSA) is 67.9 Å². The number of carbonyl (C=O) groups excluding carboxylic acids is 2. The van der Waals surface area contributed by atoms with Gasteiger partial charge < -0.3 is 19.7 Å². The number of hydrogen-bond donors (Lipinski definition) is 1. The van der Waals surface area contributed by atoms with Gasteiger partial charge in [-0.3, -0.25) is 9.59 Å². The summed E-state index contributed by atoms with van der Waals surface area (Å²) in [6, 6.07) is 11.2. The summed E-state index contributed by atoms with van der Waals surface area (Å²) in [7, 11) is 3.24. The number of fused-ring (bicyclic) bond motifs is 1. The van der Waals surface area contributed by atoms with Crippen molar-refractivity contribution in [2.45, 2.75) is 13.3 Å². The van der Waals surface area contributed by atoms with Crippen LogP contribution in [0.4, 0.5) is 5.69 Å². The fourth-order valence-electron chi connectivity index (χ4n) is 3.20. The molecule has 3 rings (SSSR count). The molecule has 2 aromatic carbocycles. The van der Waals surface area contributed by atoms with Crippen LogP contribution >= 0.6 is 15.9 Å². The third kappa shape index (κ3) is 4.65. The Morgan fingerprint density at radius 1 is 1.29 bits per heavy atom. The van der Waals surface area contributed by atoms with Gasteiger partial charge in [-0.15, -0.1) is 0 Å². The van der Waals surface area contributed by atoms with Crippen LogP contribution in [0.3, 0.4) is 0 Å². The molecule has 0 spiro atoms. The minimum absolute atomic E-state index is 0.0136. The van der Waals surface area contributed by atoms with Crippen LogP contribution < -0.4 is 14.8 Å². The Balaban J connectivity index is 1.58. The van der Waals surface area contributed by atoms with E-state index in [1.807, 2.05) is 43.3 Å². The molecular weight excluding hydrogens is 424 g/mol. The van der Waals surface area contributed by atoms with Gasteiger partial charge in [0.2, 0.25) is 11.8 Å². The van der Waals surface area contributed by atoms with Gasteiger partial charge in [0.25, 0.3) is 0 Å². The van der Waals surface area contributed by atoms with Crippen LogP contribution in [0.1, 0.15) is 11.1 Å². The first kappa shape index (κ1) is 20.2. The highest BCUT2D eigenvalue weighted by Crippen LogP contribution is 2.31. The van der Waals surface area contributed by atoms with Gasteiger partial charge in [-0.25, -0.2) is 0 Å². The Morgan fingerprint density at radius 2 is 2.07 bits per heavy atom. The number of ether oxygens (including phenoxy) is 2. The predicted molar refractivity (Wildman–Crippen MR) is 111 cm³/mol. The Bertz CT molecular complexity index is 900. The number of anilines is 1. The van der Waals surface area contributed by atoms with Gasteiger partial charge in [-0.05, 0) is 48.7 Å². The van der Waals surface area contributed by atoms with E-state index in [4.69, 9.17) is 9.47 Å². The van der Waals surface area contributed by atoms with E-state index in [2.05, 4.69) is 21.2 Å². The number of halogens is 1. The molecule has 0 unspecified atom stereocenters. The number of carbonyl (C=O) groups is 2. The van der Waals surface area contributed by atoms with Crippen molar-refractivity contribution in [2.75, 3.05) is 32.6 Å². The second-order valence-electron chi connectivity index (χ2n) is 6.89. The van der Waals surface area contributed by atoms with Crippen molar-refractivity contribution in [1.29, 1.82) is 0 Å². The molecule has 7 heteroatoms. The average molecular weight is 447 g/mol. The normalized spacial score (nSPS) is 15.2. The minimum atomic E-state index is -0.312. The quantitative estimate of drug-likeness (QED) is 0.763. The van der Waals surface area contributed by atoms with E-state index in [0.717, 1.165) is 32.8 Å². The summed E-state index contributed by atoms with van der Waals surface area (Å²) in [6.45, 7) is 2.19. The molecular formula is C21H23BrN2O4. The van der Waals surface area contributed by atoms with E-state index in [0.29, 0.717) is 6.42 Å². The zero-order valence-electron chi connectivity index (χ0n) is 16.1. The van der Waals surface area contributed by atoms with Gasteiger partial charge in [0.05, 0.1) is 19.6 Å². The highest BCUT2D eigenvalue weighted by molar-refractivity contribution is 9.10. The zero-order chi connectivity index (χ0) is 20.3. The van der Waals surface area contributed by atoms with Gasteiger partial charge in [0.1, 0.15) is 18.1 Å². The average Bonchev–Trinajstić information content (AvgIpc) is 2.68. The lowest BCUT2D eigenvalue weighted by molar-refractivity contribution is -0.138. The van der Waals surface area contributed by atoms with E-state index >= 15 is 0 Å². The van der Waals surface area contributed by atoms with Crippen LogP contribution in [0.25, 0.3) is 0 Å². The highest BCUT2D eigenvalue weighted by atomic mass is 79.9. The first-order valence-electron chi connectivity index (χ1n) is 8.98. The standard InChI is InChI=1S/C21H23BrN2O4/c1-13-8-16(22)5-7-18(13)23-20(25)11-24(2)21(26)15-9-14-4-6-17(27-3)10-19(14)28-12-15/h4-8,10,15H,9,11-12H2,1-3H3,(H,23,25)/t15-/m0/s1. The lowest BCUT2D eigenvalue weighted by atomic mass is 9.95. The summed E-state index contributed by atoms with van der Waals surface area (Å²) < 4.78 is 11.9. The Hall–Kier alpha value is -2.54. The Morgan fingerprint density at radius 3 is 2.79 bits per heavy atom. The maximum absolute atomic E-state index is 12.8. The molecule has 0 aromatic heterocycles. The summed E-state index contributed by atoms with van der Waals surface area (Å²) in [5.74, 6) is 0.815. The first-order valence-corrected chi connectivity index (χ1v) is 9.77. The molecule has 1 atom stereocenters. The number of methoxy groups -OCH3 is 1. The van der Waals surface area contributed by atoms with Crippen molar-refractivity contribution in [1.82, 2.24) is 4.90 Å². The molecule has 0 fully saturated rings. The van der Waals surface area contributed by atoms with E-state index < -0.39 is 0 Å². The predicted octanol–water partition coefficient (Wildman–Crippen LogP) is 3.41. The van der Waals surface area contributed by atoms with Gasteiger partial charge in [0.15, 0.2) is 0 Å². The number of likely N-dealkylation sites (N-methyl/N-ethyl adjacent to an activating group) is 1. The van der Waals surface area contributed by atoms with E-state index in [-0.39, 0.29) is 30.9 Å². The molecule has 6 nitrogen and oxygen atoms in total. The minimum Gasteiger partial charge on any atom is -0.497 e. The van der Waals surface area contributed by atoms with E-state index in [1.54, 1.807) is 14.2 Å². The number of nitrogens with one attached hydrogen (secondary N) is 1. The van der Waals surface area contributed by atoms with Crippen molar-refractivity contribution in [3.8, 4) is 11.5 Å². The number of nitrogens with zero attached hydrogens (tertiary/aromatic N) is 1. The monoisotopic (exact) mass is 446 g/mol. The maximum Gasteiger partial charge on any atom is 0.243 e. The van der Waals surface area contributed by atoms with Crippen LogP contribution in [0.15, 0.2) is 40.9 Å². The van der Waals surface area contributed by atoms with Crippen LogP contribution in [0.2, 0.25) is 0 Å². The lowest BCUT2D eigenvalue weighted by Gasteiger charge is -2.28. The fourth-order valence-corrected chi connectivity index (χ4v) is 3.68. The molecule has 2 aromatic rings. The molecule has 1 aliphatic rings. The van der Waals surface area contributed by atoms with Crippen molar-refractivity contribution >= 4 is 33.4 Å². The second kappa shape index (κ2) is 8.65. The van der Waals surface area contributed by atoms with E-state index in [9.17, 15) is 9.59 Å². The largest absolute Gasteiger partial charge is 0.497 e. The van der Waals surface area contributed by atoms with Crippen molar-refractivity contribution < 1.29 is 19.1 Å². The molecule has 0 saturated heterocycles. The zero-order valence-corrected chi connectivity index (χ0v) is 17.7. The van der Waals surface area contributed by atoms with Crippen molar-refractivity contribution in [3.63, 3.8) is 0 Å². The number of hydrogen-bond acceptors (Lipinski definition) is 4. The Kier molecular flexibility index (Phi) is 6.24. The van der Waals surface area contributed by atoms with Crippen LogP contribution in [-0.2, 0) is 16.0 Å². The molecule has 2 amide bonds. The van der Waals surface area contributed by atoms with Crippen molar-refractivity contribution in [3.05, 3.63) is 52.0 Å². The number of aryl methyl sites for hydroxylation is 1. The summed E-state index contributed by atoms with van der Waals surface area (Å²) in [5, 5.41) is 2.86. The van der Waals surface area contributed by atoms with Crippen LogP contribution in [-0.4, -0.2) is 44.0 Å². The van der Waals surface area contributed by atoms with Gasteiger partial charge in [0, 0.05) is 23.3 Å². The third-order valence-electron chi connectivity index (χ3n) is 4.75. The SMILES string of the molecule is COc1ccc2c(c1)OC[C@@H](C(=O)N(C)CC(=O)Nc1ccc(Br)cc1C)C2. The smallest absolute Gasteiger partial charge is 0.243 e. The molecule has 1 N–H and O–H groups in total. The molecule has 1 heterocycles. The summed E-state index contributed by atoms with van der Waals surface area (Å²) in [5.41, 5.74) is 2.65. The van der Waals surface area contributed by atoms with Gasteiger partial charge in [-0.2, -0.15) is 0 Å². The molecule has 0 radical (unpaired) electrons. The fraction of sp³-hybridized carbons (Fsp3) is 0.333. The van der Waals surface area contributed by atoms with Gasteiger partial charge >= 0.3 is 0 Å². The van der Waals surface area contributed by atoms with Crippen LogP contribution in [0, 0.1) is 12.8 Å². The number of rotatable bonds is 5. The maximum atomic E-state index is 12.8. The van der Waals surface area contributed by atoms with E-state index in [1.165, 1.54) is 4.90 Å². The number of amides is 2.